The molecular weight excluding hydrogens is 138 g/mol. The van der Waals surface area contributed by atoms with Crippen LogP contribution in [0.3, 0.4) is 0 Å². The highest BCUT2D eigenvalue weighted by Crippen LogP contribution is 2.17. The molecule has 0 N–H and O–H groups in total. The van der Waals surface area contributed by atoms with Gasteiger partial charge in [0.2, 0.25) is 0 Å². The Labute approximate surface area is 64.1 Å². The number of rotatable bonds is 1. The number of fused-ring (bicyclic) bond motifs is 1. The first-order chi connectivity index (χ1) is 5.42. The van der Waals surface area contributed by atoms with Crippen LogP contribution in [0, 0.1) is 6.58 Å². The van der Waals surface area contributed by atoms with Gasteiger partial charge in [0.15, 0.2) is 5.58 Å². The summed E-state index contributed by atoms with van der Waals surface area (Å²) in [6.07, 6.45) is 1.44. The van der Waals surface area contributed by atoms with Crippen molar-refractivity contribution in [1.82, 2.24) is 5.16 Å². The molecule has 2 nitrogen and oxygen atoms in total. The molecule has 2 aromatic rings. The van der Waals surface area contributed by atoms with Crippen molar-refractivity contribution in [3.05, 3.63) is 36.5 Å². The van der Waals surface area contributed by atoms with Gasteiger partial charge in [0, 0.05) is 5.39 Å². The van der Waals surface area contributed by atoms with Crippen LogP contribution in [0.4, 0.5) is 0 Å². The number of hydrogen-bond acceptors (Lipinski definition) is 2. The third-order valence-corrected chi connectivity index (χ3v) is 1.56. The molecule has 1 heterocycles. The second-order valence-corrected chi connectivity index (χ2v) is 2.23. The summed E-state index contributed by atoms with van der Waals surface area (Å²) < 4.78 is 4.98. The van der Waals surface area contributed by atoms with Crippen LogP contribution in [0.1, 0.15) is 5.69 Å². The van der Waals surface area contributed by atoms with Crippen molar-refractivity contribution < 1.29 is 4.52 Å². The summed E-state index contributed by atoms with van der Waals surface area (Å²) in [6, 6.07) is 7.60. The van der Waals surface area contributed by atoms with Crippen LogP contribution in [0.5, 0.6) is 0 Å². The highest BCUT2D eigenvalue weighted by Gasteiger charge is 2.01. The molecule has 0 fully saturated rings. The molecule has 53 valence electrons. The lowest BCUT2D eigenvalue weighted by molar-refractivity contribution is 0.454. The van der Waals surface area contributed by atoms with E-state index in [2.05, 4.69) is 5.16 Å². The molecule has 0 amide bonds. The first kappa shape index (κ1) is 6.16. The third kappa shape index (κ3) is 0.835. The summed E-state index contributed by atoms with van der Waals surface area (Å²) >= 11 is 0. The molecule has 0 aliphatic carbocycles. The fourth-order valence-electron chi connectivity index (χ4n) is 1.03. The summed E-state index contributed by atoms with van der Waals surface area (Å²) in [5.41, 5.74) is 1.46. The second-order valence-electron chi connectivity index (χ2n) is 2.23. The Hall–Kier alpha value is -1.57. The van der Waals surface area contributed by atoms with Crippen molar-refractivity contribution in [2.75, 3.05) is 0 Å². The second kappa shape index (κ2) is 2.23. The lowest BCUT2D eigenvalue weighted by Gasteiger charge is -1.82. The third-order valence-electron chi connectivity index (χ3n) is 1.56. The molecule has 2 heteroatoms. The minimum atomic E-state index is 0.695. The smallest absolute Gasteiger partial charge is 0.167 e. The van der Waals surface area contributed by atoms with E-state index in [-0.39, 0.29) is 0 Å². The molecule has 0 saturated heterocycles. The van der Waals surface area contributed by atoms with E-state index in [9.17, 15) is 0 Å². The van der Waals surface area contributed by atoms with Gasteiger partial charge in [-0.3, -0.25) is 0 Å². The zero-order valence-electron chi connectivity index (χ0n) is 5.82. The number of benzene rings is 1. The minimum absolute atomic E-state index is 0.695. The molecule has 1 aromatic heterocycles. The van der Waals surface area contributed by atoms with Gasteiger partial charge in [-0.2, -0.15) is 0 Å². The zero-order chi connectivity index (χ0) is 7.68. The maximum absolute atomic E-state index is 5.31. The molecule has 0 bridgehead atoms. The molecule has 0 aliphatic rings. The van der Waals surface area contributed by atoms with Gasteiger partial charge in [-0.05, 0) is 18.2 Å². The average molecular weight is 144 g/mol. The Balaban J connectivity index is 2.86. The summed E-state index contributed by atoms with van der Waals surface area (Å²) in [4.78, 5) is 0. The van der Waals surface area contributed by atoms with Gasteiger partial charge >= 0.3 is 0 Å². The Morgan fingerprint density at radius 3 is 3.00 bits per heavy atom. The Morgan fingerprint density at radius 1 is 1.36 bits per heavy atom. The molecule has 0 unspecified atom stereocenters. The molecular formula is C9H6NO. The van der Waals surface area contributed by atoms with Crippen molar-refractivity contribution in [3.8, 4) is 0 Å². The SMILES string of the molecule is [CH]=Cc1noc2ccccc12. The summed E-state index contributed by atoms with van der Waals surface area (Å²) in [6.45, 7) is 5.31. The van der Waals surface area contributed by atoms with Crippen molar-refractivity contribution in [1.29, 1.82) is 0 Å². The van der Waals surface area contributed by atoms with E-state index in [1.165, 1.54) is 6.08 Å². The summed E-state index contributed by atoms with van der Waals surface area (Å²) in [7, 11) is 0. The van der Waals surface area contributed by atoms with Crippen LogP contribution in [0.25, 0.3) is 17.0 Å². The predicted octanol–water partition coefficient (Wildman–Crippen LogP) is 2.27. The topological polar surface area (TPSA) is 26.0 Å². The quantitative estimate of drug-likeness (QED) is 0.613. The highest BCUT2D eigenvalue weighted by molar-refractivity contribution is 5.84. The van der Waals surface area contributed by atoms with Crippen LogP contribution >= 0.6 is 0 Å². The fourth-order valence-corrected chi connectivity index (χ4v) is 1.03. The molecule has 1 radical (unpaired) electrons. The number of hydrogen-bond donors (Lipinski definition) is 0. The van der Waals surface area contributed by atoms with Gasteiger partial charge < -0.3 is 4.52 Å². The van der Waals surface area contributed by atoms with E-state index >= 15 is 0 Å². The lowest BCUT2D eigenvalue weighted by atomic mass is 10.2. The van der Waals surface area contributed by atoms with Crippen molar-refractivity contribution >= 4 is 17.0 Å². The highest BCUT2D eigenvalue weighted by atomic mass is 16.5. The van der Waals surface area contributed by atoms with Gasteiger partial charge in [0.25, 0.3) is 0 Å². The first-order valence-corrected chi connectivity index (χ1v) is 3.31. The Morgan fingerprint density at radius 2 is 2.18 bits per heavy atom. The van der Waals surface area contributed by atoms with E-state index in [0.29, 0.717) is 5.69 Å². The Kier molecular flexibility index (Phi) is 1.25. The van der Waals surface area contributed by atoms with Gasteiger partial charge in [0.1, 0.15) is 5.69 Å². The van der Waals surface area contributed by atoms with Crippen molar-refractivity contribution in [2.45, 2.75) is 0 Å². The average Bonchev–Trinajstić information content (AvgIpc) is 2.47. The number of para-hydroxylation sites is 1. The largest absolute Gasteiger partial charge is 0.356 e. The maximum Gasteiger partial charge on any atom is 0.167 e. The molecule has 0 aliphatic heterocycles. The van der Waals surface area contributed by atoms with Crippen LogP contribution in [0.15, 0.2) is 28.8 Å². The van der Waals surface area contributed by atoms with Crippen LogP contribution in [-0.4, -0.2) is 5.16 Å². The van der Waals surface area contributed by atoms with Crippen molar-refractivity contribution in [3.63, 3.8) is 0 Å². The molecule has 0 spiro atoms. The normalized spacial score (nSPS) is 10.2. The van der Waals surface area contributed by atoms with Gasteiger partial charge in [-0.25, -0.2) is 0 Å². The number of nitrogens with zero attached hydrogens (tertiary/aromatic N) is 1. The minimum Gasteiger partial charge on any atom is -0.356 e. The number of aromatic nitrogens is 1. The Bertz CT molecular complexity index is 389. The van der Waals surface area contributed by atoms with Gasteiger partial charge in [-0.15, -0.1) is 0 Å². The van der Waals surface area contributed by atoms with E-state index in [1.54, 1.807) is 0 Å². The van der Waals surface area contributed by atoms with E-state index in [4.69, 9.17) is 11.1 Å². The lowest BCUT2D eigenvalue weighted by Crippen LogP contribution is -1.67. The molecule has 0 atom stereocenters. The monoisotopic (exact) mass is 144 g/mol. The van der Waals surface area contributed by atoms with Crippen LogP contribution < -0.4 is 0 Å². The summed E-state index contributed by atoms with van der Waals surface area (Å²) in [5, 5.41) is 4.71. The zero-order valence-corrected chi connectivity index (χ0v) is 5.82. The van der Waals surface area contributed by atoms with E-state index in [1.807, 2.05) is 24.3 Å². The van der Waals surface area contributed by atoms with Gasteiger partial charge in [0.05, 0.1) is 0 Å². The van der Waals surface area contributed by atoms with Crippen molar-refractivity contribution in [2.24, 2.45) is 0 Å². The van der Waals surface area contributed by atoms with Crippen LogP contribution in [-0.2, 0) is 0 Å². The maximum atomic E-state index is 5.31. The standard InChI is InChI=1S/C9H6NO/c1-2-8-7-5-3-4-6-9(7)11-10-8/h1-6H. The van der Waals surface area contributed by atoms with Gasteiger partial charge in [-0.1, -0.05) is 23.9 Å². The molecule has 1 aromatic carbocycles. The van der Waals surface area contributed by atoms with E-state index in [0.717, 1.165) is 11.0 Å². The predicted molar refractivity (Wildman–Crippen MR) is 42.8 cm³/mol. The molecule has 11 heavy (non-hydrogen) atoms. The first-order valence-electron chi connectivity index (χ1n) is 3.31. The van der Waals surface area contributed by atoms with Crippen LogP contribution in [0.2, 0.25) is 0 Å². The molecule has 0 saturated carbocycles. The molecule has 2 rings (SSSR count). The fraction of sp³-hybridized carbons (Fsp3) is 0. The summed E-state index contributed by atoms with van der Waals surface area (Å²) in [5.74, 6) is 0. The van der Waals surface area contributed by atoms with E-state index < -0.39 is 0 Å².